The zero-order valence-electron chi connectivity index (χ0n) is 18.8. The molecule has 7 heteroatoms. The number of carbonyl (C=O) groups is 3. The molecule has 0 saturated carbocycles. The smallest absolute Gasteiger partial charge is 0.409 e. The normalized spacial score (nSPS) is 21.7. The zero-order valence-corrected chi connectivity index (χ0v) is 18.8. The van der Waals surface area contributed by atoms with Crippen LogP contribution in [0, 0.1) is 11.3 Å². The number of hydrogen-bond donors (Lipinski definition) is 0. The van der Waals surface area contributed by atoms with Crippen molar-refractivity contribution in [2.24, 2.45) is 11.3 Å². The number of hydrogen-bond acceptors (Lipinski definition) is 5. The second kappa shape index (κ2) is 10.2. The lowest BCUT2D eigenvalue weighted by molar-refractivity contribution is -0.158. The van der Waals surface area contributed by atoms with E-state index in [1.807, 2.05) is 51.1 Å². The number of rotatable bonds is 8. The highest BCUT2D eigenvalue weighted by Gasteiger charge is 2.54. The van der Waals surface area contributed by atoms with E-state index in [1.165, 1.54) is 0 Å². The lowest BCUT2D eigenvalue weighted by Crippen LogP contribution is -2.49. The van der Waals surface area contributed by atoms with E-state index in [9.17, 15) is 14.4 Å². The van der Waals surface area contributed by atoms with E-state index >= 15 is 0 Å². The molecular formula is C24H34N2O5. The largest absolute Gasteiger partial charge is 0.459 e. The summed E-state index contributed by atoms with van der Waals surface area (Å²) in [5, 5.41) is 0. The molecule has 31 heavy (non-hydrogen) atoms. The molecule has 2 atom stereocenters. The number of amides is 2. The van der Waals surface area contributed by atoms with E-state index in [1.54, 1.807) is 9.80 Å². The van der Waals surface area contributed by atoms with E-state index in [0.717, 1.165) is 18.4 Å². The van der Waals surface area contributed by atoms with Gasteiger partial charge in [-0.2, -0.15) is 0 Å². The Morgan fingerprint density at radius 2 is 1.81 bits per heavy atom. The first-order valence-electron chi connectivity index (χ1n) is 11.3. The summed E-state index contributed by atoms with van der Waals surface area (Å²) in [6.07, 6.45) is 2.69. The van der Waals surface area contributed by atoms with Gasteiger partial charge in [0.1, 0.15) is 12.6 Å². The van der Waals surface area contributed by atoms with Gasteiger partial charge in [-0.15, -0.1) is 0 Å². The number of likely N-dealkylation sites (tertiary alicyclic amines) is 2. The molecule has 1 aromatic carbocycles. The van der Waals surface area contributed by atoms with Gasteiger partial charge in [-0.05, 0) is 30.7 Å². The third-order valence-corrected chi connectivity index (χ3v) is 6.31. The first-order valence-corrected chi connectivity index (χ1v) is 11.3. The van der Waals surface area contributed by atoms with Crippen molar-refractivity contribution in [3.63, 3.8) is 0 Å². The molecule has 0 unspecified atom stereocenters. The lowest BCUT2D eigenvalue weighted by atomic mass is 9.85. The third-order valence-electron chi connectivity index (χ3n) is 6.31. The highest BCUT2D eigenvalue weighted by Crippen LogP contribution is 2.42. The van der Waals surface area contributed by atoms with Crippen molar-refractivity contribution in [2.75, 3.05) is 26.2 Å². The maximum absolute atomic E-state index is 13.4. The topological polar surface area (TPSA) is 76.2 Å². The fourth-order valence-electron chi connectivity index (χ4n) is 4.49. The first kappa shape index (κ1) is 23.1. The molecule has 0 N–H and O–H groups in total. The predicted octanol–water partition coefficient (Wildman–Crippen LogP) is 3.62. The highest BCUT2D eigenvalue weighted by atomic mass is 16.6. The number of benzene rings is 1. The highest BCUT2D eigenvalue weighted by molar-refractivity contribution is 5.91. The Morgan fingerprint density at radius 3 is 2.48 bits per heavy atom. The maximum atomic E-state index is 13.4. The summed E-state index contributed by atoms with van der Waals surface area (Å²) < 4.78 is 10.9. The Hall–Kier alpha value is -2.57. The Labute approximate surface area is 184 Å². The minimum Gasteiger partial charge on any atom is -0.459 e. The summed E-state index contributed by atoms with van der Waals surface area (Å²) in [4.78, 5) is 42.0. The van der Waals surface area contributed by atoms with Crippen LogP contribution in [-0.4, -0.2) is 60.1 Å². The summed E-state index contributed by atoms with van der Waals surface area (Å²) in [6, 6.07) is 8.89. The van der Waals surface area contributed by atoms with Gasteiger partial charge in [0.05, 0.1) is 12.0 Å². The Bertz CT molecular complexity index is 781. The summed E-state index contributed by atoms with van der Waals surface area (Å²) in [5.41, 5.74) is 0.298. The molecule has 2 saturated heterocycles. The van der Waals surface area contributed by atoms with E-state index in [0.29, 0.717) is 39.1 Å². The first-order chi connectivity index (χ1) is 14.9. The van der Waals surface area contributed by atoms with Crippen LogP contribution < -0.4 is 0 Å². The van der Waals surface area contributed by atoms with Crippen LogP contribution in [0.15, 0.2) is 30.3 Å². The van der Waals surface area contributed by atoms with Crippen molar-refractivity contribution in [3.05, 3.63) is 35.9 Å². The van der Waals surface area contributed by atoms with Gasteiger partial charge in [-0.25, -0.2) is 9.59 Å². The van der Waals surface area contributed by atoms with Crippen LogP contribution >= 0.6 is 0 Å². The van der Waals surface area contributed by atoms with Crippen LogP contribution in [0.4, 0.5) is 4.79 Å². The SMILES string of the molecule is CCCCOC(=O)N1CC[C@]2(CCN([C@H](C(=O)OCc3ccccc3)C(C)C)C2=O)C1. The van der Waals surface area contributed by atoms with Gasteiger partial charge in [0.25, 0.3) is 0 Å². The second-order valence-electron chi connectivity index (χ2n) is 8.95. The average Bonchev–Trinajstić information content (AvgIpc) is 3.33. The molecule has 7 nitrogen and oxygen atoms in total. The number of ether oxygens (including phenoxy) is 2. The summed E-state index contributed by atoms with van der Waals surface area (Å²) in [7, 11) is 0. The Kier molecular flexibility index (Phi) is 7.57. The van der Waals surface area contributed by atoms with Crippen molar-refractivity contribution in [2.45, 2.75) is 59.1 Å². The minimum atomic E-state index is -0.624. The maximum Gasteiger partial charge on any atom is 0.409 e. The van der Waals surface area contributed by atoms with Gasteiger partial charge in [-0.3, -0.25) is 4.79 Å². The van der Waals surface area contributed by atoms with Crippen molar-refractivity contribution in [3.8, 4) is 0 Å². The molecule has 2 fully saturated rings. The van der Waals surface area contributed by atoms with E-state index in [-0.39, 0.29) is 30.5 Å². The molecule has 1 aromatic rings. The molecule has 0 aliphatic carbocycles. The molecule has 2 aliphatic rings. The van der Waals surface area contributed by atoms with Crippen LogP contribution in [0.5, 0.6) is 0 Å². The molecular weight excluding hydrogens is 396 g/mol. The fourth-order valence-corrected chi connectivity index (χ4v) is 4.49. The number of esters is 1. The molecule has 0 bridgehead atoms. The van der Waals surface area contributed by atoms with Gasteiger partial charge < -0.3 is 19.3 Å². The number of unbranched alkanes of at least 4 members (excludes halogenated alkanes) is 1. The fraction of sp³-hybridized carbons (Fsp3) is 0.625. The van der Waals surface area contributed by atoms with Crippen molar-refractivity contribution in [1.29, 1.82) is 0 Å². The molecule has 2 amide bonds. The van der Waals surface area contributed by atoms with Crippen LogP contribution in [0.25, 0.3) is 0 Å². The van der Waals surface area contributed by atoms with Crippen LogP contribution in [-0.2, 0) is 25.7 Å². The molecule has 0 radical (unpaired) electrons. The van der Waals surface area contributed by atoms with Gasteiger partial charge >= 0.3 is 12.1 Å². The molecule has 0 aromatic heterocycles. The van der Waals surface area contributed by atoms with Crippen molar-refractivity contribution >= 4 is 18.0 Å². The van der Waals surface area contributed by atoms with Gasteiger partial charge in [-0.1, -0.05) is 57.5 Å². The predicted molar refractivity (Wildman–Crippen MR) is 116 cm³/mol. The van der Waals surface area contributed by atoms with Crippen LogP contribution in [0.1, 0.15) is 52.0 Å². The second-order valence-corrected chi connectivity index (χ2v) is 8.95. The summed E-state index contributed by atoms with van der Waals surface area (Å²) in [6.45, 7) is 7.86. The summed E-state index contributed by atoms with van der Waals surface area (Å²) in [5.74, 6) is -0.497. The molecule has 1 spiro atoms. The monoisotopic (exact) mass is 430 g/mol. The number of carbonyl (C=O) groups excluding carboxylic acids is 3. The van der Waals surface area contributed by atoms with E-state index in [4.69, 9.17) is 9.47 Å². The quantitative estimate of drug-likeness (QED) is 0.465. The number of nitrogens with zero attached hydrogens (tertiary/aromatic N) is 2. The van der Waals surface area contributed by atoms with Crippen molar-refractivity contribution in [1.82, 2.24) is 9.80 Å². The van der Waals surface area contributed by atoms with Crippen LogP contribution in [0.2, 0.25) is 0 Å². The average molecular weight is 431 g/mol. The Morgan fingerprint density at radius 1 is 1.10 bits per heavy atom. The van der Waals surface area contributed by atoms with Crippen LogP contribution in [0.3, 0.4) is 0 Å². The van der Waals surface area contributed by atoms with E-state index < -0.39 is 11.5 Å². The molecule has 3 rings (SSSR count). The summed E-state index contributed by atoms with van der Waals surface area (Å²) >= 11 is 0. The molecule has 2 heterocycles. The van der Waals surface area contributed by atoms with Gasteiger partial charge in [0, 0.05) is 19.6 Å². The lowest BCUT2D eigenvalue weighted by Gasteiger charge is -2.31. The standard InChI is InChI=1S/C24H34N2O5/c1-4-5-15-30-23(29)25-13-11-24(17-25)12-14-26(22(24)28)20(18(2)3)21(27)31-16-19-9-7-6-8-10-19/h6-10,18,20H,4-5,11-17H2,1-3H3/t20-,24-/m0/s1. The van der Waals surface area contributed by atoms with Gasteiger partial charge in [0.2, 0.25) is 5.91 Å². The molecule has 170 valence electrons. The van der Waals surface area contributed by atoms with Gasteiger partial charge in [0.15, 0.2) is 0 Å². The zero-order chi connectivity index (χ0) is 22.4. The van der Waals surface area contributed by atoms with E-state index in [2.05, 4.69) is 0 Å². The van der Waals surface area contributed by atoms with Crippen molar-refractivity contribution < 1.29 is 23.9 Å². The Balaban J connectivity index is 1.62. The third kappa shape index (κ3) is 5.20. The minimum absolute atomic E-state index is 0.0493. The molecule has 2 aliphatic heterocycles.